The van der Waals surface area contributed by atoms with Gasteiger partial charge in [0.15, 0.2) is 5.78 Å². The number of carbonyl (C=O) groups is 2. The average Bonchev–Trinajstić information content (AvgIpc) is 3.06. The largest absolute Gasteiger partial charge is 0.457 e. The van der Waals surface area contributed by atoms with E-state index < -0.39 is 0 Å². The molecule has 3 aliphatic heterocycles. The number of aromatic nitrogens is 1. The first-order valence-corrected chi connectivity index (χ1v) is 11.9. The molecule has 32 heavy (non-hydrogen) atoms. The molecule has 2 aliphatic carbocycles. The smallest absolute Gasteiger partial charge is 0.311 e. The number of fused-ring (bicyclic) bond motifs is 7. The van der Waals surface area contributed by atoms with Crippen LogP contribution in [0.15, 0.2) is 46.3 Å². The van der Waals surface area contributed by atoms with Gasteiger partial charge < -0.3 is 14.2 Å². The van der Waals surface area contributed by atoms with E-state index in [-0.39, 0.29) is 40.7 Å². The van der Waals surface area contributed by atoms with Gasteiger partial charge in [0.1, 0.15) is 6.10 Å². The van der Waals surface area contributed by atoms with Crippen LogP contribution in [0.1, 0.15) is 44.7 Å². The third-order valence-electron chi connectivity index (χ3n) is 8.73. The summed E-state index contributed by atoms with van der Waals surface area (Å²) < 4.78 is 7.93. The number of ketones is 1. The van der Waals surface area contributed by atoms with Crippen LogP contribution in [0.3, 0.4) is 0 Å². The highest BCUT2D eigenvalue weighted by Crippen LogP contribution is 2.53. The first-order chi connectivity index (χ1) is 15.3. The molecule has 0 spiro atoms. The normalized spacial score (nSPS) is 38.2. The van der Waals surface area contributed by atoms with E-state index in [9.17, 15) is 14.4 Å². The van der Waals surface area contributed by atoms with Gasteiger partial charge in [-0.25, -0.2) is 0 Å². The lowest BCUT2D eigenvalue weighted by atomic mass is 9.61. The minimum atomic E-state index is -0.274. The number of ether oxygens (including phenoxy) is 1. The Morgan fingerprint density at radius 2 is 2.00 bits per heavy atom. The maximum Gasteiger partial charge on any atom is 0.311 e. The number of hydrogen-bond donors (Lipinski definition) is 0. The SMILES string of the molecule is CC1=C2[C@@H]3OC(=O)[C@@H](CN4C[C@@H]5C[C@@H](C4)c4cccc(=O)n4C5)[C@@H]3CC[C@@]2(C)C=CC1=O. The first-order valence-electron chi connectivity index (χ1n) is 11.9. The molecule has 1 aromatic heterocycles. The van der Waals surface area contributed by atoms with Crippen molar-refractivity contribution in [3.8, 4) is 0 Å². The molecule has 0 amide bonds. The molecular weight excluding hydrogens is 404 g/mol. The van der Waals surface area contributed by atoms with Gasteiger partial charge in [-0.2, -0.15) is 0 Å². The summed E-state index contributed by atoms with van der Waals surface area (Å²) in [6, 6.07) is 5.59. The molecule has 1 aromatic rings. The van der Waals surface area contributed by atoms with Crippen LogP contribution in [0.5, 0.6) is 0 Å². The number of allylic oxidation sites excluding steroid dienone is 3. The van der Waals surface area contributed by atoms with Crippen molar-refractivity contribution in [3.05, 3.63) is 57.5 Å². The van der Waals surface area contributed by atoms with E-state index in [4.69, 9.17) is 4.74 Å². The second kappa shape index (κ2) is 7.01. The molecule has 0 N–H and O–H groups in total. The molecule has 2 bridgehead atoms. The second-order valence-electron chi connectivity index (χ2n) is 10.7. The Hall–Kier alpha value is -2.47. The Balaban J connectivity index is 1.24. The van der Waals surface area contributed by atoms with Crippen LogP contribution in [0, 0.1) is 23.2 Å². The predicted molar refractivity (Wildman–Crippen MR) is 119 cm³/mol. The van der Waals surface area contributed by atoms with E-state index >= 15 is 0 Å². The number of hydrogen-bond acceptors (Lipinski definition) is 5. The predicted octanol–water partition coefficient (Wildman–Crippen LogP) is 2.68. The highest BCUT2D eigenvalue weighted by atomic mass is 16.6. The van der Waals surface area contributed by atoms with E-state index in [1.54, 1.807) is 12.1 Å². The molecule has 6 rings (SSSR count). The van der Waals surface area contributed by atoms with Crippen LogP contribution < -0.4 is 5.56 Å². The van der Waals surface area contributed by atoms with Gasteiger partial charge in [-0.15, -0.1) is 0 Å². The third-order valence-corrected chi connectivity index (χ3v) is 8.73. The van der Waals surface area contributed by atoms with Crippen molar-refractivity contribution in [2.24, 2.45) is 23.2 Å². The van der Waals surface area contributed by atoms with Crippen molar-refractivity contribution in [3.63, 3.8) is 0 Å². The molecule has 6 heteroatoms. The van der Waals surface area contributed by atoms with Crippen LogP contribution >= 0.6 is 0 Å². The van der Waals surface area contributed by atoms with Crippen molar-refractivity contribution >= 4 is 11.8 Å². The number of likely N-dealkylation sites (tertiary alicyclic amines) is 1. The molecule has 5 aliphatic rings. The molecular formula is C26H30N2O4. The number of nitrogens with zero attached hydrogens (tertiary/aromatic N) is 2. The van der Waals surface area contributed by atoms with Crippen LogP contribution in [-0.4, -0.2) is 47.0 Å². The number of rotatable bonds is 2. The lowest BCUT2D eigenvalue weighted by Gasteiger charge is -2.45. The molecule has 2 saturated heterocycles. The number of pyridine rings is 1. The summed E-state index contributed by atoms with van der Waals surface area (Å²) in [4.78, 5) is 40.2. The van der Waals surface area contributed by atoms with Crippen LogP contribution in [0.4, 0.5) is 0 Å². The van der Waals surface area contributed by atoms with Gasteiger partial charge in [0.25, 0.3) is 5.56 Å². The van der Waals surface area contributed by atoms with Gasteiger partial charge >= 0.3 is 5.97 Å². The number of esters is 1. The molecule has 6 nitrogen and oxygen atoms in total. The number of carbonyl (C=O) groups excluding carboxylic acids is 2. The van der Waals surface area contributed by atoms with Crippen molar-refractivity contribution < 1.29 is 14.3 Å². The van der Waals surface area contributed by atoms with Crippen molar-refractivity contribution in [2.75, 3.05) is 19.6 Å². The summed E-state index contributed by atoms with van der Waals surface area (Å²) in [6.07, 6.45) is 6.41. The lowest BCUT2D eigenvalue weighted by molar-refractivity contribution is -0.144. The van der Waals surface area contributed by atoms with E-state index in [0.29, 0.717) is 18.4 Å². The fraction of sp³-hybridized carbons (Fsp3) is 0.577. The van der Waals surface area contributed by atoms with E-state index in [1.165, 1.54) is 0 Å². The third kappa shape index (κ3) is 2.92. The van der Waals surface area contributed by atoms with Crippen LogP contribution in [0.2, 0.25) is 0 Å². The first kappa shape index (κ1) is 20.2. The molecule has 3 fully saturated rings. The molecule has 4 heterocycles. The summed E-state index contributed by atoms with van der Waals surface area (Å²) in [5.41, 5.74) is 2.83. The van der Waals surface area contributed by atoms with Gasteiger partial charge in [-0.3, -0.25) is 14.4 Å². The molecule has 0 aromatic carbocycles. The van der Waals surface area contributed by atoms with Gasteiger partial charge in [0.2, 0.25) is 0 Å². The quantitative estimate of drug-likeness (QED) is 0.670. The minimum absolute atomic E-state index is 0.0374. The Labute approximate surface area is 187 Å². The average molecular weight is 435 g/mol. The Morgan fingerprint density at radius 1 is 1.16 bits per heavy atom. The van der Waals surface area contributed by atoms with Gasteiger partial charge in [0, 0.05) is 60.8 Å². The summed E-state index contributed by atoms with van der Waals surface area (Å²) >= 11 is 0. The van der Waals surface area contributed by atoms with Crippen molar-refractivity contribution in [2.45, 2.75) is 51.7 Å². The summed E-state index contributed by atoms with van der Waals surface area (Å²) in [5.74, 6) is 0.689. The van der Waals surface area contributed by atoms with Gasteiger partial charge in [-0.1, -0.05) is 19.1 Å². The monoisotopic (exact) mass is 434 g/mol. The molecule has 168 valence electrons. The number of piperidine rings is 1. The molecule has 1 saturated carbocycles. The van der Waals surface area contributed by atoms with Crippen LogP contribution in [0.25, 0.3) is 0 Å². The van der Waals surface area contributed by atoms with Crippen molar-refractivity contribution in [1.29, 1.82) is 0 Å². The second-order valence-corrected chi connectivity index (χ2v) is 10.7. The lowest BCUT2D eigenvalue weighted by Crippen LogP contribution is -2.49. The maximum absolute atomic E-state index is 13.1. The molecule has 0 radical (unpaired) electrons. The Kier molecular flexibility index (Phi) is 4.42. The van der Waals surface area contributed by atoms with E-state index in [1.807, 2.05) is 23.6 Å². The van der Waals surface area contributed by atoms with Gasteiger partial charge in [-0.05, 0) is 49.8 Å². The Bertz CT molecular complexity index is 1130. The summed E-state index contributed by atoms with van der Waals surface area (Å²) in [5, 5.41) is 0. The zero-order valence-electron chi connectivity index (χ0n) is 18.8. The maximum atomic E-state index is 13.1. The van der Waals surface area contributed by atoms with E-state index in [0.717, 1.165) is 55.7 Å². The minimum Gasteiger partial charge on any atom is -0.457 e. The highest BCUT2D eigenvalue weighted by molar-refractivity contribution is 6.05. The Morgan fingerprint density at radius 3 is 2.84 bits per heavy atom. The fourth-order valence-corrected chi connectivity index (χ4v) is 7.20. The van der Waals surface area contributed by atoms with Gasteiger partial charge in [0.05, 0.1) is 5.92 Å². The van der Waals surface area contributed by atoms with Crippen LogP contribution in [-0.2, 0) is 20.9 Å². The molecule has 0 unspecified atom stereocenters. The van der Waals surface area contributed by atoms with Crippen molar-refractivity contribution in [1.82, 2.24) is 9.47 Å². The molecule has 6 atom stereocenters. The zero-order chi connectivity index (χ0) is 22.2. The topological polar surface area (TPSA) is 68.6 Å². The fourth-order valence-electron chi connectivity index (χ4n) is 7.20. The highest BCUT2D eigenvalue weighted by Gasteiger charge is 2.54. The summed E-state index contributed by atoms with van der Waals surface area (Å²) in [7, 11) is 0. The van der Waals surface area contributed by atoms with E-state index in [2.05, 4.69) is 17.9 Å². The zero-order valence-corrected chi connectivity index (χ0v) is 18.8. The standard InChI is InChI=1S/C26H30N2O4/c1-15-21(29)7-9-26(2)8-6-18-19(25(31)32-24(18)23(15)26)14-27-11-16-10-17(13-27)20-4-3-5-22(30)28(20)12-16/h3-5,7,9,16-19,24H,6,8,10-14H2,1-2H3/t16-,17-,18-,19-,24+,26-/m0/s1. The summed E-state index contributed by atoms with van der Waals surface area (Å²) in [6.45, 7) is 7.31.